The lowest BCUT2D eigenvalue weighted by molar-refractivity contribution is 0.102. The number of nitrogens with zero attached hydrogens (tertiary/aromatic N) is 2. The number of benzene rings is 2. The molecule has 2 aromatic rings. The molecule has 1 saturated heterocycles. The van der Waals surface area contributed by atoms with E-state index in [-0.39, 0.29) is 5.91 Å². The Hall–Kier alpha value is -2.17. The van der Waals surface area contributed by atoms with Crippen molar-refractivity contribution >= 4 is 11.6 Å². The van der Waals surface area contributed by atoms with Gasteiger partial charge in [-0.15, -0.1) is 0 Å². The van der Waals surface area contributed by atoms with Crippen molar-refractivity contribution in [3.63, 3.8) is 0 Å². The third-order valence-corrected chi connectivity index (χ3v) is 4.98. The fourth-order valence-corrected chi connectivity index (χ4v) is 3.05. The molecule has 0 unspecified atom stereocenters. The molecule has 1 aliphatic heterocycles. The third kappa shape index (κ3) is 6.19. The van der Waals surface area contributed by atoms with Crippen LogP contribution in [0.25, 0.3) is 0 Å². The molecule has 4 heteroatoms. The SMILES string of the molecule is CC.Cc1ccc(NC(=O)c2ccc(CN3CCN(C)CC3)cc2)cc1C. The summed E-state index contributed by atoms with van der Waals surface area (Å²) in [6.45, 7) is 13.5. The van der Waals surface area contributed by atoms with Crippen molar-refractivity contribution in [2.45, 2.75) is 34.2 Å². The topological polar surface area (TPSA) is 35.6 Å². The van der Waals surface area contributed by atoms with Gasteiger partial charge >= 0.3 is 0 Å². The zero-order valence-electron chi connectivity index (χ0n) is 17.4. The van der Waals surface area contributed by atoms with Crippen LogP contribution in [0, 0.1) is 13.8 Å². The zero-order valence-corrected chi connectivity index (χ0v) is 17.4. The molecule has 2 aromatic carbocycles. The van der Waals surface area contributed by atoms with Gasteiger partial charge in [-0.1, -0.05) is 32.0 Å². The molecule has 0 radical (unpaired) electrons. The van der Waals surface area contributed by atoms with E-state index in [1.807, 2.05) is 44.2 Å². The van der Waals surface area contributed by atoms with Crippen LogP contribution in [0.5, 0.6) is 0 Å². The summed E-state index contributed by atoms with van der Waals surface area (Å²) in [6, 6.07) is 14.0. The highest BCUT2D eigenvalue weighted by molar-refractivity contribution is 6.04. The lowest BCUT2D eigenvalue weighted by atomic mass is 10.1. The van der Waals surface area contributed by atoms with Crippen molar-refractivity contribution in [2.24, 2.45) is 0 Å². The van der Waals surface area contributed by atoms with Crippen LogP contribution in [0.2, 0.25) is 0 Å². The van der Waals surface area contributed by atoms with Crippen LogP contribution in [0.15, 0.2) is 42.5 Å². The Labute approximate surface area is 164 Å². The largest absolute Gasteiger partial charge is 0.322 e. The Bertz CT molecular complexity index is 732. The van der Waals surface area contributed by atoms with Crippen LogP contribution < -0.4 is 5.32 Å². The summed E-state index contributed by atoms with van der Waals surface area (Å²) in [5.74, 6) is -0.0607. The number of hydrogen-bond acceptors (Lipinski definition) is 3. The van der Waals surface area contributed by atoms with E-state index in [9.17, 15) is 4.79 Å². The van der Waals surface area contributed by atoms with Crippen LogP contribution in [-0.2, 0) is 6.54 Å². The Morgan fingerprint density at radius 2 is 1.56 bits per heavy atom. The number of carbonyl (C=O) groups is 1. The van der Waals surface area contributed by atoms with Crippen molar-refractivity contribution < 1.29 is 4.79 Å². The highest BCUT2D eigenvalue weighted by Crippen LogP contribution is 2.16. The van der Waals surface area contributed by atoms with Crippen molar-refractivity contribution in [3.8, 4) is 0 Å². The lowest BCUT2D eigenvalue weighted by Crippen LogP contribution is -2.43. The van der Waals surface area contributed by atoms with Crippen molar-refractivity contribution in [2.75, 3.05) is 38.5 Å². The molecular weight excluding hydrogens is 334 g/mol. The summed E-state index contributed by atoms with van der Waals surface area (Å²) in [5, 5.41) is 2.98. The monoisotopic (exact) mass is 367 g/mol. The van der Waals surface area contributed by atoms with Crippen LogP contribution in [0.1, 0.15) is 40.9 Å². The number of amides is 1. The van der Waals surface area contributed by atoms with Crippen LogP contribution in [-0.4, -0.2) is 48.9 Å². The average molecular weight is 368 g/mol. The maximum absolute atomic E-state index is 12.4. The number of nitrogens with one attached hydrogen (secondary N) is 1. The van der Waals surface area contributed by atoms with Gasteiger partial charge < -0.3 is 10.2 Å². The molecule has 1 heterocycles. The summed E-state index contributed by atoms with van der Waals surface area (Å²) >= 11 is 0. The molecule has 1 amide bonds. The van der Waals surface area contributed by atoms with Gasteiger partial charge in [-0.25, -0.2) is 0 Å². The molecule has 0 saturated carbocycles. The summed E-state index contributed by atoms with van der Waals surface area (Å²) in [7, 11) is 2.17. The number of piperazine rings is 1. The molecule has 0 spiro atoms. The Morgan fingerprint density at radius 1 is 0.926 bits per heavy atom. The van der Waals surface area contributed by atoms with E-state index in [0.29, 0.717) is 5.56 Å². The summed E-state index contributed by atoms with van der Waals surface area (Å²) in [6.07, 6.45) is 0. The molecule has 0 bridgehead atoms. The molecular formula is C23H33N3O. The maximum Gasteiger partial charge on any atom is 0.255 e. The summed E-state index contributed by atoms with van der Waals surface area (Å²) < 4.78 is 0. The van der Waals surface area contributed by atoms with Crippen molar-refractivity contribution in [3.05, 3.63) is 64.7 Å². The Balaban J connectivity index is 0.00000126. The number of rotatable bonds is 4. The first kappa shape index (κ1) is 21.1. The average Bonchev–Trinajstić information content (AvgIpc) is 2.69. The van der Waals surface area contributed by atoms with E-state index < -0.39 is 0 Å². The van der Waals surface area contributed by atoms with Crippen LogP contribution in [0.3, 0.4) is 0 Å². The van der Waals surface area contributed by atoms with Gasteiger partial charge in [-0.05, 0) is 61.9 Å². The molecule has 3 rings (SSSR count). The highest BCUT2D eigenvalue weighted by Gasteiger charge is 2.14. The third-order valence-electron chi connectivity index (χ3n) is 4.98. The van der Waals surface area contributed by atoms with E-state index >= 15 is 0 Å². The zero-order chi connectivity index (χ0) is 19.8. The van der Waals surface area contributed by atoms with Crippen LogP contribution in [0.4, 0.5) is 5.69 Å². The Kier molecular flexibility index (Phi) is 8.01. The molecule has 1 aliphatic rings. The van der Waals surface area contributed by atoms with E-state index in [4.69, 9.17) is 0 Å². The van der Waals surface area contributed by atoms with Gasteiger partial charge in [0.15, 0.2) is 0 Å². The van der Waals surface area contributed by atoms with E-state index in [1.165, 1.54) is 16.7 Å². The normalized spacial score (nSPS) is 15.0. The quantitative estimate of drug-likeness (QED) is 0.874. The minimum absolute atomic E-state index is 0.0607. The molecule has 4 nitrogen and oxygen atoms in total. The van der Waals surface area contributed by atoms with Gasteiger partial charge in [-0.2, -0.15) is 0 Å². The van der Waals surface area contributed by atoms with Gasteiger partial charge in [0.05, 0.1) is 0 Å². The fourth-order valence-electron chi connectivity index (χ4n) is 3.05. The van der Waals surface area contributed by atoms with Gasteiger partial charge in [-0.3, -0.25) is 9.69 Å². The van der Waals surface area contributed by atoms with Gasteiger partial charge in [0.2, 0.25) is 0 Å². The molecule has 0 aliphatic carbocycles. The van der Waals surface area contributed by atoms with E-state index in [1.54, 1.807) is 0 Å². The van der Waals surface area contributed by atoms with Crippen molar-refractivity contribution in [1.82, 2.24) is 9.80 Å². The number of carbonyl (C=O) groups excluding carboxylic acids is 1. The molecule has 1 fully saturated rings. The highest BCUT2D eigenvalue weighted by atomic mass is 16.1. The van der Waals surface area contributed by atoms with Gasteiger partial charge in [0, 0.05) is 44.0 Å². The fraction of sp³-hybridized carbons (Fsp3) is 0.435. The minimum atomic E-state index is -0.0607. The number of likely N-dealkylation sites (N-methyl/N-ethyl adjacent to an activating group) is 1. The molecule has 0 atom stereocenters. The molecule has 146 valence electrons. The van der Waals surface area contributed by atoms with E-state index in [0.717, 1.165) is 38.4 Å². The molecule has 1 N–H and O–H groups in total. The smallest absolute Gasteiger partial charge is 0.255 e. The first-order valence-corrected chi connectivity index (χ1v) is 9.90. The summed E-state index contributed by atoms with van der Waals surface area (Å²) in [5.41, 5.74) is 5.20. The molecule has 27 heavy (non-hydrogen) atoms. The first-order chi connectivity index (χ1) is 13.0. The Morgan fingerprint density at radius 3 is 2.15 bits per heavy atom. The lowest BCUT2D eigenvalue weighted by Gasteiger charge is -2.32. The van der Waals surface area contributed by atoms with E-state index in [2.05, 4.69) is 48.1 Å². The number of aryl methyl sites for hydroxylation is 2. The summed E-state index contributed by atoms with van der Waals surface area (Å²) in [4.78, 5) is 17.2. The first-order valence-electron chi connectivity index (χ1n) is 9.90. The maximum atomic E-state index is 12.4. The standard InChI is InChI=1S/C21H27N3O.C2H6/c1-16-4-9-20(14-17(16)2)22-21(25)19-7-5-18(6-8-19)15-24-12-10-23(3)11-13-24;1-2/h4-9,14H,10-13,15H2,1-3H3,(H,22,25);1-2H3. The predicted octanol–water partition coefficient (Wildman–Crippen LogP) is 4.33. The second kappa shape index (κ2) is 10.2. The minimum Gasteiger partial charge on any atom is -0.322 e. The molecule has 0 aromatic heterocycles. The van der Waals surface area contributed by atoms with Gasteiger partial charge in [0.25, 0.3) is 5.91 Å². The number of hydrogen-bond donors (Lipinski definition) is 1. The van der Waals surface area contributed by atoms with Crippen molar-refractivity contribution in [1.29, 1.82) is 0 Å². The number of anilines is 1. The predicted molar refractivity (Wildman–Crippen MR) is 114 cm³/mol. The van der Waals surface area contributed by atoms with Crippen LogP contribution >= 0.6 is 0 Å². The van der Waals surface area contributed by atoms with Gasteiger partial charge in [0.1, 0.15) is 0 Å². The second-order valence-electron chi connectivity index (χ2n) is 7.03. The second-order valence-corrected chi connectivity index (χ2v) is 7.03.